The van der Waals surface area contributed by atoms with Crippen molar-refractivity contribution in [3.63, 3.8) is 0 Å². The highest BCUT2D eigenvalue weighted by Crippen LogP contribution is 2.27. The van der Waals surface area contributed by atoms with Crippen molar-refractivity contribution in [2.45, 2.75) is 52.6 Å². The molecule has 1 aliphatic heterocycles. The van der Waals surface area contributed by atoms with Crippen molar-refractivity contribution in [1.29, 1.82) is 0 Å². The van der Waals surface area contributed by atoms with E-state index in [9.17, 15) is 9.59 Å². The Morgan fingerprint density at radius 1 is 1.16 bits per heavy atom. The van der Waals surface area contributed by atoms with Crippen LogP contribution < -0.4 is 0 Å². The van der Waals surface area contributed by atoms with Crippen LogP contribution in [0.1, 0.15) is 40.5 Å². The number of hydrogen-bond donors (Lipinski definition) is 1. The van der Waals surface area contributed by atoms with Crippen LogP contribution in [0.3, 0.4) is 0 Å². The fourth-order valence-electron chi connectivity index (χ4n) is 2.60. The first kappa shape index (κ1) is 16.0. The second kappa shape index (κ2) is 5.90. The molecular weight excluding hydrogens is 244 g/mol. The highest BCUT2D eigenvalue weighted by Gasteiger charge is 2.32. The maximum atomic E-state index is 12.3. The fourth-order valence-corrected chi connectivity index (χ4v) is 2.60. The quantitative estimate of drug-likeness (QED) is 0.839. The first-order valence-corrected chi connectivity index (χ1v) is 6.84. The number of carbonyl (C=O) groups excluding carboxylic acids is 1. The van der Waals surface area contributed by atoms with Gasteiger partial charge in [-0.05, 0) is 26.3 Å². The molecule has 2 atom stereocenters. The van der Waals surface area contributed by atoms with Crippen LogP contribution in [0.4, 0.5) is 0 Å². The fraction of sp³-hybridized carbons (Fsp3) is 0.857. The largest absolute Gasteiger partial charge is 0.481 e. The number of amides is 1. The number of carboxylic acids is 1. The van der Waals surface area contributed by atoms with Crippen LogP contribution in [0.15, 0.2) is 0 Å². The van der Waals surface area contributed by atoms with E-state index in [2.05, 4.69) is 25.8 Å². The molecule has 5 heteroatoms. The van der Waals surface area contributed by atoms with Gasteiger partial charge in [-0.3, -0.25) is 14.5 Å². The molecule has 1 amide bonds. The van der Waals surface area contributed by atoms with Crippen molar-refractivity contribution in [3.8, 4) is 0 Å². The molecule has 0 spiro atoms. The van der Waals surface area contributed by atoms with E-state index in [1.54, 1.807) is 0 Å². The number of piperazine rings is 1. The first-order valence-electron chi connectivity index (χ1n) is 6.84. The Bertz CT molecular complexity index is 343. The number of rotatable bonds is 4. The predicted molar refractivity (Wildman–Crippen MR) is 73.9 cm³/mol. The molecule has 5 nitrogen and oxygen atoms in total. The van der Waals surface area contributed by atoms with Gasteiger partial charge >= 0.3 is 5.97 Å². The van der Waals surface area contributed by atoms with E-state index in [-0.39, 0.29) is 12.3 Å². The van der Waals surface area contributed by atoms with Gasteiger partial charge in [-0.25, -0.2) is 0 Å². The maximum absolute atomic E-state index is 12.3. The van der Waals surface area contributed by atoms with Crippen molar-refractivity contribution in [2.75, 3.05) is 20.1 Å². The lowest BCUT2D eigenvalue weighted by Crippen LogP contribution is -2.56. The number of aliphatic carboxylic acids is 1. The molecule has 0 radical (unpaired) electrons. The number of carboxylic acid groups (broad SMARTS) is 1. The van der Waals surface area contributed by atoms with Crippen molar-refractivity contribution in [2.24, 2.45) is 5.41 Å². The van der Waals surface area contributed by atoms with E-state index < -0.39 is 11.4 Å². The van der Waals surface area contributed by atoms with Crippen molar-refractivity contribution in [1.82, 2.24) is 9.80 Å². The molecule has 0 aliphatic carbocycles. The third-order valence-electron chi connectivity index (χ3n) is 3.97. The zero-order valence-electron chi connectivity index (χ0n) is 12.6. The smallest absolute Gasteiger partial charge is 0.303 e. The number of likely N-dealkylation sites (N-methyl/N-ethyl adjacent to an activating group) is 1. The van der Waals surface area contributed by atoms with Gasteiger partial charge < -0.3 is 10.0 Å². The van der Waals surface area contributed by atoms with Crippen LogP contribution in [-0.2, 0) is 9.59 Å². The Morgan fingerprint density at radius 2 is 1.63 bits per heavy atom. The Hall–Kier alpha value is -1.10. The van der Waals surface area contributed by atoms with Gasteiger partial charge in [0.1, 0.15) is 0 Å². The van der Waals surface area contributed by atoms with E-state index in [0.29, 0.717) is 18.5 Å². The highest BCUT2D eigenvalue weighted by molar-refractivity contribution is 5.78. The number of carbonyl (C=O) groups is 2. The molecule has 1 N–H and O–H groups in total. The van der Waals surface area contributed by atoms with Gasteiger partial charge in [0.15, 0.2) is 0 Å². The summed E-state index contributed by atoms with van der Waals surface area (Å²) in [5, 5.41) is 8.86. The van der Waals surface area contributed by atoms with E-state index in [0.717, 1.165) is 13.1 Å². The summed E-state index contributed by atoms with van der Waals surface area (Å²) in [6, 6.07) is 0.686. The highest BCUT2D eigenvalue weighted by atomic mass is 16.4. The SMILES string of the molecule is CC1CN(C(=O)CC(C)(C)CC(=O)O)CC(C)N1C. The number of hydrogen-bond acceptors (Lipinski definition) is 3. The maximum Gasteiger partial charge on any atom is 0.303 e. The molecule has 1 rings (SSSR count). The van der Waals surface area contributed by atoms with Gasteiger partial charge in [0.25, 0.3) is 0 Å². The molecule has 0 aromatic rings. The van der Waals surface area contributed by atoms with E-state index in [1.807, 2.05) is 18.7 Å². The predicted octanol–water partition coefficient (Wildman–Crippen LogP) is 1.43. The summed E-state index contributed by atoms with van der Waals surface area (Å²) in [5.74, 6) is -0.782. The Kier molecular flexibility index (Phi) is 4.96. The molecule has 1 saturated heterocycles. The van der Waals surface area contributed by atoms with Crippen molar-refractivity contribution >= 4 is 11.9 Å². The lowest BCUT2D eigenvalue weighted by Gasteiger charge is -2.43. The number of nitrogens with zero attached hydrogens (tertiary/aromatic N) is 2. The zero-order chi connectivity index (χ0) is 14.8. The average molecular weight is 270 g/mol. The molecule has 0 aromatic carbocycles. The topological polar surface area (TPSA) is 60.9 Å². The van der Waals surface area contributed by atoms with Crippen LogP contribution >= 0.6 is 0 Å². The van der Waals surface area contributed by atoms with Crippen LogP contribution in [0, 0.1) is 5.41 Å². The van der Waals surface area contributed by atoms with Gasteiger partial charge in [-0.2, -0.15) is 0 Å². The van der Waals surface area contributed by atoms with Gasteiger partial charge in [-0.15, -0.1) is 0 Å². The molecular formula is C14H26N2O3. The van der Waals surface area contributed by atoms with E-state index in [1.165, 1.54) is 0 Å². The van der Waals surface area contributed by atoms with Gasteiger partial charge in [0, 0.05) is 31.6 Å². The standard InChI is InChI=1S/C14H26N2O3/c1-10-8-16(9-11(2)15(10)5)12(17)6-14(3,4)7-13(18)19/h10-11H,6-9H2,1-5H3,(H,18,19). The molecule has 1 heterocycles. The third kappa shape index (κ3) is 4.49. The summed E-state index contributed by atoms with van der Waals surface area (Å²) in [4.78, 5) is 27.2. The monoisotopic (exact) mass is 270 g/mol. The third-order valence-corrected chi connectivity index (χ3v) is 3.97. The second-order valence-corrected chi connectivity index (χ2v) is 6.57. The summed E-state index contributed by atoms with van der Waals surface area (Å²) in [6.45, 7) is 9.34. The summed E-state index contributed by atoms with van der Waals surface area (Å²) in [5.41, 5.74) is -0.487. The van der Waals surface area contributed by atoms with E-state index >= 15 is 0 Å². The molecule has 110 valence electrons. The van der Waals surface area contributed by atoms with Gasteiger partial charge in [0.2, 0.25) is 5.91 Å². The van der Waals surface area contributed by atoms with Crippen molar-refractivity contribution in [3.05, 3.63) is 0 Å². The molecule has 0 saturated carbocycles. The summed E-state index contributed by atoms with van der Waals surface area (Å²) >= 11 is 0. The molecule has 2 unspecified atom stereocenters. The Balaban J connectivity index is 2.61. The van der Waals surface area contributed by atoms with Crippen LogP contribution in [0.25, 0.3) is 0 Å². The van der Waals surface area contributed by atoms with Crippen molar-refractivity contribution < 1.29 is 14.7 Å². The first-order chi connectivity index (χ1) is 8.62. The van der Waals surface area contributed by atoms with Gasteiger partial charge in [0.05, 0.1) is 6.42 Å². The molecule has 19 heavy (non-hydrogen) atoms. The normalized spacial score (nSPS) is 25.4. The minimum atomic E-state index is -0.849. The minimum absolute atomic E-state index is 0.0254. The van der Waals surface area contributed by atoms with Crippen LogP contribution in [0.5, 0.6) is 0 Å². The second-order valence-electron chi connectivity index (χ2n) is 6.57. The summed E-state index contributed by atoms with van der Waals surface area (Å²) in [7, 11) is 2.07. The lowest BCUT2D eigenvalue weighted by atomic mass is 9.85. The summed E-state index contributed by atoms with van der Waals surface area (Å²) in [6.07, 6.45) is 0.319. The molecule has 0 bridgehead atoms. The molecule has 1 aliphatic rings. The minimum Gasteiger partial charge on any atom is -0.481 e. The van der Waals surface area contributed by atoms with E-state index in [4.69, 9.17) is 5.11 Å². The van der Waals surface area contributed by atoms with Gasteiger partial charge in [-0.1, -0.05) is 13.8 Å². The lowest BCUT2D eigenvalue weighted by molar-refractivity contribution is -0.141. The Morgan fingerprint density at radius 3 is 2.05 bits per heavy atom. The molecule has 1 fully saturated rings. The van der Waals surface area contributed by atoms with Crippen LogP contribution in [-0.4, -0.2) is 59.0 Å². The molecule has 0 aromatic heterocycles. The zero-order valence-corrected chi connectivity index (χ0v) is 12.6. The average Bonchev–Trinajstić information content (AvgIpc) is 2.22. The van der Waals surface area contributed by atoms with Crippen LogP contribution in [0.2, 0.25) is 0 Å². The Labute approximate surface area is 115 Å². The summed E-state index contributed by atoms with van der Waals surface area (Å²) < 4.78 is 0.